The molecule has 1 N–H and O–H groups in total. The Balaban J connectivity index is 3.79. The van der Waals surface area contributed by atoms with Crippen LogP contribution in [0.4, 0.5) is 0 Å². The standard InChI is InChI=1S/C5H6O3S/c1-3(5(8)9)2-4(6)7/h1-2H2,(H,6,7)(H,8,9). The highest BCUT2D eigenvalue weighted by Gasteiger charge is 2.05. The van der Waals surface area contributed by atoms with E-state index < -0.39 is 11.1 Å². The summed E-state index contributed by atoms with van der Waals surface area (Å²) in [6.07, 6.45) is -0.331. The number of carboxylic acids is 1. The second kappa shape index (κ2) is 3.29. The Morgan fingerprint density at radius 1 is 1.56 bits per heavy atom. The highest BCUT2D eigenvalue weighted by Crippen LogP contribution is 2.00. The Hall–Kier alpha value is -0.770. The van der Waals surface area contributed by atoms with E-state index in [1.807, 2.05) is 0 Å². The Morgan fingerprint density at radius 3 is 2.11 bits per heavy atom. The van der Waals surface area contributed by atoms with Gasteiger partial charge in [0.2, 0.25) is 5.12 Å². The number of aliphatic carboxylic acids is 1. The first-order chi connectivity index (χ1) is 4.04. The van der Waals surface area contributed by atoms with E-state index >= 15 is 0 Å². The molecule has 0 amide bonds. The topological polar surface area (TPSA) is 54.4 Å². The largest absolute Gasteiger partial charge is 0.481 e. The normalized spacial score (nSPS) is 8.56. The highest BCUT2D eigenvalue weighted by molar-refractivity contribution is 7.97. The van der Waals surface area contributed by atoms with E-state index in [-0.39, 0.29) is 12.0 Å². The predicted molar refractivity (Wildman–Crippen MR) is 35.4 cm³/mol. The molecule has 0 radical (unpaired) electrons. The second-order valence-corrected chi connectivity index (χ2v) is 1.89. The van der Waals surface area contributed by atoms with Crippen molar-refractivity contribution in [3.05, 3.63) is 12.2 Å². The van der Waals surface area contributed by atoms with Crippen LogP contribution in [-0.4, -0.2) is 16.2 Å². The molecule has 0 rings (SSSR count). The summed E-state index contributed by atoms with van der Waals surface area (Å²) in [5.74, 6) is -1.07. The van der Waals surface area contributed by atoms with Crippen molar-refractivity contribution >= 4 is 23.7 Å². The van der Waals surface area contributed by atoms with Crippen molar-refractivity contribution in [2.24, 2.45) is 0 Å². The predicted octanol–water partition coefficient (Wildman–Crippen LogP) is 0.474. The van der Waals surface area contributed by atoms with Gasteiger partial charge < -0.3 is 5.11 Å². The molecule has 3 nitrogen and oxygen atoms in total. The molecule has 0 aliphatic carbocycles. The quantitative estimate of drug-likeness (QED) is 0.449. The van der Waals surface area contributed by atoms with Crippen LogP contribution in [0.3, 0.4) is 0 Å². The van der Waals surface area contributed by atoms with Gasteiger partial charge in [0.25, 0.3) is 0 Å². The minimum Gasteiger partial charge on any atom is -0.481 e. The molecule has 0 aromatic rings. The van der Waals surface area contributed by atoms with Crippen LogP contribution < -0.4 is 0 Å². The fourth-order valence-corrected chi connectivity index (χ4v) is 0.337. The molecule has 9 heavy (non-hydrogen) atoms. The molecular weight excluding hydrogens is 140 g/mol. The molecule has 0 saturated heterocycles. The smallest absolute Gasteiger partial charge is 0.307 e. The zero-order valence-electron chi connectivity index (χ0n) is 4.63. The lowest BCUT2D eigenvalue weighted by Gasteiger charge is -1.91. The first-order valence-electron chi connectivity index (χ1n) is 2.17. The van der Waals surface area contributed by atoms with Crippen LogP contribution >= 0.6 is 12.6 Å². The van der Waals surface area contributed by atoms with Crippen LogP contribution in [0.2, 0.25) is 0 Å². The van der Waals surface area contributed by atoms with Crippen LogP contribution in [-0.2, 0) is 9.59 Å². The van der Waals surface area contributed by atoms with E-state index in [4.69, 9.17) is 5.11 Å². The third kappa shape index (κ3) is 3.78. The maximum absolute atomic E-state index is 10.2. The SMILES string of the molecule is C=C(CC(=O)O)C(=O)S. The fraction of sp³-hybridized carbons (Fsp3) is 0.200. The lowest BCUT2D eigenvalue weighted by atomic mass is 10.2. The molecule has 0 bridgehead atoms. The van der Waals surface area contributed by atoms with Gasteiger partial charge in [0.1, 0.15) is 0 Å². The number of thiol groups is 1. The van der Waals surface area contributed by atoms with Crippen molar-refractivity contribution in [1.29, 1.82) is 0 Å². The molecule has 0 aliphatic heterocycles. The summed E-state index contributed by atoms with van der Waals surface area (Å²) in [7, 11) is 0. The minimum absolute atomic E-state index is 0.00540. The number of carboxylic acid groups (broad SMARTS) is 1. The van der Waals surface area contributed by atoms with Gasteiger partial charge in [-0.05, 0) is 0 Å². The van der Waals surface area contributed by atoms with Gasteiger partial charge in [0.05, 0.1) is 6.42 Å². The van der Waals surface area contributed by atoms with Crippen LogP contribution in [0.5, 0.6) is 0 Å². The molecule has 0 unspecified atom stereocenters. The van der Waals surface area contributed by atoms with E-state index in [1.165, 1.54) is 0 Å². The molecular formula is C5H6O3S. The van der Waals surface area contributed by atoms with Crippen molar-refractivity contribution in [1.82, 2.24) is 0 Å². The summed E-state index contributed by atoms with van der Waals surface area (Å²) in [6.45, 7) is 3.19. The molecule has 0 heterocycles. The summed E-state index contributed by atoms with van der Waals surface area (Å²) in [5, 5.41) is 7.51. The number of carbonyl (C=O) groups is 2. The molecule has 0 spiro atoms. The lowest BCUT2D eigenvalue weighted by Crippen LogP contribution is -2.00. The average molecular weight is 146 g/mol. The van der Waals surface area contributed by atoms with Gasteiger partial charge in [0.15, 0.2) is 0 Å². The van der Waals surface area contributed by atoms with Crippen molar-refractivity contribution in [2.45, 2.75) is 6.42 Å². The highest BCUT2D eigenvalue weighted by atomic mass is 32.1. The summed E-state index contributed by atoms with van der Waals surface area (Å²) in [6, 6.07) is 0. The number of hydrogen-bond donors (Lipinski definition) is 2. The van der Waals surface area contributed by atoms with Gasteiger partial charge in [-0.1, -0.05) is 6.58 Å². The van der Waals surface area contributed by atoms with Gasteiger partial charge >= 0.3 is 5.97 Å². The van der Waals surface area contributed by atoms with E-state index in [0.717, 1.165) is 0 Å². The van der Waals surface area contributed by atoms with Gasteiger partial charge in [-0.25, -0.2) is 0 Å². The van der Waals surface area contributed by atoms with Gasteiger partial charge in [0, 0.05) is 5.57 Å². The number of rotatable bonds is 3. The lowest BCUT2D eigenvalue weighted by molar-refractivity contribution is -0.136. The van der Waals surface area contributed by atoms with Crippen molar-refractivity contribution in [3.63, 3.8) is 0 Å². The van der Waals surface area contributed by atoms with Crippen LogP contribution in [0.1, 0.15) is 6.42 Å². The summed E-state index contributed by atoms with van der Waals surface area (Å²) in [5.41, 5.74) is 0.00540. The van der Waals surface area contributed by atoms with Crippen molar-refractivity contribution in [3.8, 4) is 0 Å². The first-order valence-corrected chi connectivity index (χ1v) is 2.61. The summed E-state index contributed by atoms with van der Waals surface area (Å²) < 4.78 is 0. The van der Waals surface area contributed by atoms with Crippen LogP contribution in [0.25, 0.3) is 0 Å². The van der Waals surface area contributed by atoms with Crippen LogP contribution in [0.15, 0.2) is 12.2 Å². The zero-order chi connectivity index (χ0) is 7.44. The molecule has 0 aliphatic rings. The minimum atomic E-state index is -1.07. The third-order valence-corrected chi connectivity index (χ3v) is 0.983. The number of carbonyl (C=O) groups excluding carboxylic acids is 1. The zero-order valence-corrected chi connectivity index (χ0v) is 5.52. The second-order valence-electron chi connectivity index (χ2n) is 1.48. The van der Waals surface area contributed by atoms with Crippen molar-refractivity contribution < 1.29 is 14.7 Å². The van der Waals surface area contributed by atoms with Crippen molar-refractivity contribution in [2.75, 3.05) is 0 Å². The Bertz CT molecular complexity index is 162. The summed E-state index contributed by atoms with van der Waals surface area (Å²) >= 11 is 3.37. The van der Waals surface area contributed by atoms with Crippen LogP contribution in [0, 0.1) is 0 Å². The molecule has 4 heteroatoms. The summed E-state index contributed by atoms with van der Waals surface area (Å²) in [4.78, 5) is 20.0. The molecule has 50 valence electrons. The fourth-order valence-electron chi connectivity index (χ4n) is 0.258. The maximum Gasteiger partial charge on any atom is 0.307 e. The molecule has 0 atom stereocenters. The number of hydrogen-bond acceptors (Lipinski definition) is 2. The molecule has 0 fully saturated rings. The van der Waals surface area contributed by atoms with Gasteiger partial charge in [-0.15, -0.1) is 12.6 Å². The van der Waals surface area contributed by atoms with E-state index in [0.29, 0.717) is 0 Å². The van der Waals surface area contributed by atoms with E-state index in [2.05, 4.69) is 19.2 Å². The van der Waals surface area contributed by atoms with Gasteiger partial charge in [-0.3, -0.25) is 9.59 Å². The molecule has 0 saturated carbocycles. The molecule has 0 aromatic carbocycles. The van der Waals surface area contributed by atoms with Gasteiger partial charge in [-0.2, -0.15) is 0 Å². The third-order valence-electron chi connectivity index (χ3n) is 0.667. The Morgan fingerprint density at radius 2 is 2.00 bits per heavy atom. The average Bonchev–Trinajstić information content (AvgIpc) is 1.63. The first kappa shape index (κ1) is 8.23. The van der Waals surface area contributed by atoms with E-state index in [1.54, 1.807) is 0 Å². The maximum atomic E-state index is 10.2. The molecule has 0 aromatic heterocycles. The monoisotopic (exact) mass is 146 g/mol. The Kier molecular flexibility index (Phi) is 3.01. The Labute approximate surface area is 57.8 Å². The van der Waals surface area contributed by atoms with E-state index in [9.17, 15) is 9.59 Å².